The molecule has 0 aromatic carbocycles. The first-order chi connectivity index (χ1) is 18.2. The molecule has 1 heterocycles. The first-order valence-corrected chi connectivity index (χ1v) is 13.9. The minimum absolute atomic E-state index is 0.0766. The van der Waals surface area contributed by atoms with Crippen molar-refractivity contribution < 1.29 is 19.5 Å². The molecule has 2 rings (SSSR count). The molecule has 0 atom stereocenters. The number of hydrogen-bond acceptors (Lipinski definition) is 4. The summed E-state index contributed by atoms with van der Waals surface area (Å²) < 4.78 is 0. The Bertz CT molecular complexity index is 981. The van der Waals surface area contributed by atoms with E-state index in [0.717, 1.165) is 19.5 Å². The fourth-order valence-corrected chi connectivity index (χ4v) is 3.94. The topological polar surface area (TPSA) is 81.2 Å². The maximum absolute atomic E-state index is 13.5. The van der Waals surface area contributed by atoms with Crippen LogP contribution in [0.2, 0.25) is 0 Å². The van der Waals surface area contributed by atoms with Crippen LogP contribution in [0.3, 0.4) is 0 Å². The third-order valence-corrected chi connectivity index (χ3v) is 6.64. The Balaban J connectivity index is 0.00000168. The molecule has 7 nitrogen and oxygen atoms in total. The van der Waals surface area contributed by atoms with Gasteiger partial charge in [-0.05, 0) is 43.7 Å². The third-order valence-electron chi connectivity index (χ3n) is 6.21. The number of carboxylic acid groups (broad SMARTS) is 1. The van der Waals surface area contributed by atoms with Crippen LogP contribution in [0.1, 0.15) is 60.3 Å². The van der Waals surface area contributed by atoms with Gasteiger partial charge in [0, 0.05) is 56.8 Å². The maximum atomic E-state index is 13.5. The van der Waals surface area contributed by atoms with Gasteiger partial charge in [0.25, 0.3) is 5.91 Å². The van der Waals surface area contributed by atoms with E-state index in [1.165, 1.54) is 12.8 Å². The Hall–Kier alpha value is -3.06. The van der Waals surface area contributed by atoms with Gasteiger partial charge in [0.05, 0.1) is 5.57 Å². The van der Waals surface area contributed by atoms with Crippen molar-refractivity contribution in [2.24, 2.45) is 0 Å². The van der Waals surface area contributed by atoms with Gasteiger partial charge in [-0.1, -0.05) is 75.6 Å². The molecule has 0 spiro atoms. The predicted octanol–water partition coefficient (Wildman–Crippen LogP) is 5.68. The molecule has 0 aromatic rings. The van der Waals surface area contributed by atoms with E-state index < -0.39 is 5.97 Å². The van der Waals surface area contributed by atoms with Crippen LogP contribution >= 0.6 is 11.6 Å². The molecule has 8 heteroatoms. The number of aliphatic carboxylic acids is 1. The lowest BCUT2D eigenvalue weighted by Crippen LogP contribution is -2.45. The summed E-state index contributed by atoms with van der Waals surface area (Å²) in [6.07, 6.45) is 17.9. The van der Waals surface area contributed by atoms with Crippen molar-refractivity contribution >= 4 is 29.4 Å². The highest BCUT2D eigenvalue weighted by atomic mass is 35.5. The van der Waals surface area contributed by atoms with Crippen LogP contribution in [-0.2, 0) is 14.4 Å². The van der Waals surface area contributed by atoms with Gasteiger partial charge in [0.2, 0.25) is 5.91 Å². The Kier molecular flexibility index (Phi) is 15.8. The first kappa shape index (κ1) is 33.0. The molecule has 2 aliphatic rings. The molecule has 0 saturated carbocycles. The highest BCUT2D eigenvalue weighted by Gasteiger charge is 2.23. The lowest BCUT2D eigenvalue weighted by molar-refractivity contribution is -0.133. The second-order valence-electron chi connectivity index (χ2n) is 9.13. The van der Waals surface area contributed by atoms with E-state index in [4.69, 9.17) is 11.6 Å². The Labute approximate surface area is 233 Å². The van der Waals surface area contributed by atoms with Crippen LogP contribution in [0.5, 0.6) is 0 Å². The van der Waals surface area contributed by atoms with Crippen LogP contribution < -0.4 is 0 Å². The fraction of sp³-hybridized carbons (Fsp3) is 0.500. The molecule has 210 valence electrons. The second-order valence-corrected chi connectivity index (χ2v) is 9.53. The van der Waals surface area contributed by atoms with Gasteiger partial charge in [-0.25, -0.2) is 4.79 Å². The van der Waals surface area contributed by atoms with Gasteiger partial charge in [-0.2, -0.15) is 0 Å². The zero-order valence-corrected chi connectivity index (χ0v) is 24.3. The number of rotatable bonds is 10. The minimum atomic E-state index is -0.981. The number of unbranched alkanes of at least 4 members (excludes halogenated alkanes) is 1. The van der Waals surface area contributed by atoms with Crippen molar-refractivity contribution in [1.29, 1.82) is 0 Å². The molecule has 1 aliphatic carbocycles. The summed E-state index contributed by atoms with van der Waals surface area (Å²) in [6.45, 7) is 13.1. The van der Waals surface area contributed by atoms with Crippen LogP contribution in [0, 0.1) is 0 Å². The van der Waals surface area contributed by atoms with Gasteiger partial charge in [0.1, 0.15) is 0 Å². The number of carboxylic acids is 1. The highest BCUT2D eigenvalue weighted by Crippen LogP contribution is 2.22. The average Bonchev–Trinajstić information content (AvgIpc) is 3.16. The molecule has 1 saturated heterocycles. The van der Waals surface area contributed by atoms with Gasteiger partial charge in [-0.15, -0.1) is 0 Å². The SMILES string of the molecule is CCCC.C\C=C(Cl)/C(=C\C=C\N1CCN(C(C)=O)CC1)C(=O)N(CCC)CC1=C(C(=O)O)CC=CC=C1. The van der Waals surface area contributed by atoms with Crippen LogP contribution in [-0.4, -0.2) is 76.9 Å². The van der Waals surface area contributed by atoms with Crippen LogP contribution in [0.15, 0.2) is 70.5 Å². The Morgan fingerprint density at radius 1 is 1.05 bits per heavy atom. The molecule has 0 bridgehead atoms. The summed E-state index contributed by atoms with van der Waals surface area (Å²) in [5, 5.41) is 9.97. The van der Waals surface area contributed by atoms with Gasteiger partial charge in [0.15, 0.2) is 0 Å². The normalized spacial score (nSPS) is 16.4. The van der Waals surface area contributed by atoms with Crippen molar-refractivity contribution in [2.75, 3.05) is 39.3 Å². The molecular formula is C30H44ClN3O4. The number of nitrogens with zero attached hydrogens (tertiary/aromatic N) is 3. The number of piperazine rings is 1. The summed E-state index contributed by atoms with van der Waals surface area (Å²) >= 11 is 6.42. The van der Waals surface area contributed by atoms with Crippen molar-refractivity contribution in [3.8, 4) is 0 Å². The van der Waals surface area contributed by atoms with Crippen molar-refractivity contribution in [2.45, 2.75) is 60.3 Å². The maximum Gasteiger partial charge on any atom is 0.332 e. The summed E-state index contributed by atoms with van der Waals surface area (Å²) in [5.41, 5.74) is 1.24. The molecule has 1 fully saturated rings. The molecule has 38 heavy (non-hydrogen) atoms. The molecule has 0 aromatic heterocycles. The van der Waals surface area contributed by atoms with Gasteiger partial charge >= 0.3 is 5.97 Å². The lowest BCUT2D eigenvalue weighted by Gasteiger charge is -2.33. The highest BCUT2D eigenvalue weighted by molar-refractivity contribution is 6.35. The standard InChI is InChI=1S/C26H34ClN3O4.C4H10/c1-4-13-30(19-21-10-7-6-8-11-22(21)26(33)34)25(32)23(24(27)5-2)12-9-14-28-15-17-29(18-16-28)20(3)31;1-3-4-2/h5-10,12,14H,4,11,13,15-19H2,1-3H3,(H,33,34);3-4H2,1-2H3/b14-9+,23-12+,24-5+;. The van der Waals surface area contributed by atoms with Gasteiger partial charge in [-0.3, -0.25) is 9.59 Å². The summed E-state index contributed by atoms with van der Waals surface area (Å²) in [5.74, 6) is -1.16. The lowest BCUT2D eigenvalue weighted by atomic mass is 10.0. The number of amides is 2. The molecule has 0 radical (unpaired) electrons. The number of allylic oxidation sites excluding steroid dienone is 6. The predicted molar refractivity (Wildman–Crippen MR) is 156 cm³/mol. The zero-order chi connectivity index (χ0) is 28.5. The van der Waals surface area contributed by atoms with E-state index in [1.54, 1.807) is 55.2 Å². The largest absolute Gasteiger partial charge is 0.478 e. The smallest absolute Gasteiger partial charge is 0.332 e. The molecule has 1 aliphatic heterocycles. The molecule has 2 amide bonds. The minimum Gasteiger partial charge on any atom is -0.478 e. The average molecular weight is 546 g/mol. The van der Waals surface area contributed by atoms with E-state index in [9.17, 15) is 19.5 Å². The summed E-state index contributed by atoms with van der Waals surface area (Å²) in [6, 6.07) is 0. The third kappa shape index (κ3) is 11.1. The molecule has 1 N–H and O–H groups in total. The van der Waals surface area contributed by atoms with E-state index >= 15 is 0 Å². The van der Waals surface area contributed by atoms with Gasteiger partial charge < -0.3 is 19.8 Å². The first-order valence-electron chi connectivity index (χ1n) is 13.5. The number of carbonyl (C=O) groups is 3. The monoisotopic (exact) mass is 545 g/mol. The Morgan fingerprint density at radius 2 is 1.71 bits per heavy atom. The fourth-order valence-electron chi connectivity index (χ4n) is 3.79. The van der Waals surface area contributed by atoms with E-state index in [-0.39, 0.29) is 23.9 Å². The van der Waals surface area contributed by atoms with E-state index in [0.29, 0.717) is 42.2 Å². The van der Waals surface area contributed by atoms with Crippen molar-refractivity contribution in [3.63, 3.8) is 0 Å². The quantitative estimate of drug-likeness (QED) is 0.282. The summed E-state index contributed by atoms with van der Waals surface area (Å²) in [7, 11) is 0. The molecule has 0 unspecified atom stereocenters. The number of hydrogen-bond donors (Lipinski definition) is 1. The van der Waals surface area contributed by atoms with Crippen LogP contribution in [0.4, 0.5) is 0 Å². The molecular weight excluding hydrogens is 502 g/mol. The zero-order valence-electron chi connectivity index (χ0n) is 23.6. The summed E-state index contributed by atoms with van der Waals surface area (Å²) in [4.78, 5) is 42.3. The van der Waals surface area contributed by atoms with E-state index in [2.05, 4.69) is 18.7 Å². The Morgan fingerprint density at radius 3 is 2.24 bits per heavy atom. The van der Waals surface area contributed by atoms with Crippen molar-refractivity contribution in [3.05, 3.63) is 70.5 Å². The van der Waals surface area contributed by atoms with Crippen molar-refractivity contribution in [1.82, 2.24) is 14.7 Å². The van der Waals surface area contributed by atoms with E-state index in [1.807, 2.05) is 24.1 Å². The number of carbonyl (C=O) groups excluding carboxylic acids is 2. The number of halogens is 1. The second kappa shape index (κ2) is 18.2. The van der Waals surface area contributed by atoms with Crippen LogP contribution in [0.25, 0.3) is 0 Å².